The third-order valence-electron chi connectivity index (χ3n) is 8.11. The van der Waals surface area contributed by atoms with Gasteiger partial charge in [0.15, 0.2) is 0 Å². The highest BCUT2D eigenvalue weighted by Gasteiger charge is 2.48. The second-order valence-corrected chi connectivity index (χ2v) is 12.1. The largest absolute Gasteiger partial charge is 0.480 e. The highest BCUT2D eigenvalue weighted by molar-refractivity contribution is 5.93. The lowest BCUT2D eigenvalue weighted by atomic mass is 9.85. The van der Waals surface area contributed by atoms with Crippen molar-refractivity contribution in [3.05, 3.63) is 95.6 Å². The molecule has 2 unspecified atom stereocenters. The van der Waals surface area contributed by atoms with Gasteiger partial charge < -0.3 is 20.5 Å². The molecule has 0 radical (unpaired) electrons. The number of amides is 2. The van der Waals surface area contributed by atoms with Gasteiger partial charge in [-0.05, 0) is 39.7 Å². The summed E-state index contributed by atoms with van der Waals surface area (Å²) in [5.41, 5.74) is 3.47. The zero-order chi connectivity index (χ0) is 29.2. The Balaban J connectivity index is 1.34. The zero-order valence-electron chi connectivity index (χ0n) is 23.7. The number of rotatable bonds is 8. The summed E-state index contributed by atoms with van der Waals surface area (Å²) in [5.74, 6) is -1.77. The second-order valence-electron chi connectivity index (χ2n) is 12.1. The summed E-state index contributed by atoms with van der Waals surface area (Å²) in [6, 6.07) is 25.0. The molecule has 1 heterocycles. The number of nitrogens with one attached hydrogen (secondary N) is 2. The summed E-state index contributed by atoms with van der Waals surface area (Å²) in [5, 5.41) is 15.4. The molecule has 0 aromatic heterocycles. The van der Waals surface area contributed by atoms with Crippen molar-refractivity contribution in [3.63, 3.8) is 0 Å². The van der Waals surface area contributed by atoms with Crippen LogP contribution in [0.15, 0.2) is 78.9 Å². The van der Waals surface area contributed by atoms with Gasteiger partial charge in [-0.2, -0.15) is 0 Å². The van der Waals surface area contributed by atoms with Crippen LogP contribution < -0.4 is 10.6 Å². The van der Waals surface area contributed by atoms with Crippen LogP contribution in [0.25, 0.3) is 11.1 Å². The number of carbonyl (C=O) groups is 3. The molecule has 1 aliphatic carbocycles. The molecule has 8 nitrogen and oxygen atoms in total. The molecule has 0 saturated carbocycles. The van der Waals surface area contributed by atoms with E-state index in [2.05, 4.69) is 27.7 Å². The molecule has 3 aromatic rings. The van der Waals surface area contributed by atoms with Crippen LogP contribution in [0.1, 0.15) is 49.8 Å². The number of fused-ring (bicyclic) bond motifs is 3. The number of alkyl carbamates (subject to hydrolysis) is 1. The monoisotopic (exact) mass is 555 g/mol. The maximum Gasteiger partial charge on any atom is 0.408 e. The minimum Gasteiger partial charge on any atom is -0.480 e. The van der Waals surface area contributed by atoms with Crippen molar-refractivity contribution in [3.8, 4) is 11.1 Å². The van der Waals surface area contributed by atoms with E-state index < -0.39 is 35.0 Å². The maximum atomic E-state index is 13.8. The Morgan fingerprint density at radius 2 is 1.54 bits per heavy atom. The van der Waals surface area contributed by atoms with Crippen molar-refractivity contribution in [1.82, 2.24) is 15.5 Å². The fraction of sp³-hybridized carbons (Fsp3) is 0.364. The van der Waals surface area contributed by atoms with E-state index in [1.807, 2.05) is 66.7 Å². The highest BCUT2D eigenvalue weighted by atomic mass is 16.5. The van der Waals surface area contributed by atoms with E-state index in [0.29, 0.717) is 19.5 Å². The molecule has 0 bridgehead atoms. The normalized spacial score (nSPS) is 19.2. The fourth-order valence-electron chi connectivity index (χ4n) is 5.96. The highest BCUT2D eigenvalue weighted by Crippen LogP contribution is 2.44. The molecule has 1 aliphatic heterocycles. The first kappa shape index (κ1) is 28.4. The average Bonchev–Trinajstić information content (AvgIpc) is 3.49. The molecule has 0 spiro atoms. The maximum absolute atomic E-state index is 13.8. The summed E-state index contributed by atoms with van der Waals surface area (Å²) in [6.07, 6.45) is -0.377. The van der Waals surface area contributed by atoms with Crippen LogP contribution in [-0.4, -0.2) is 59.3 Å². The van der Waals surface area contributed by atoms with Crippen molar-refractivity contribution in [2.45, 2.75) is 51.2 Å². The lowest BCUT2D eigenvalue weighted by Crippen LogP contribution is -2.64. The van der Waals surface area contributed by atoms with Crippen molar-refractivity contribution in [2.75, 3.05) is 19.7 Å². The van der Waals surface area contributed by atoms with Gasteiger partial charge in [0.25, 0.3) is 0 Å². The van der Waals surface area contributed by atoms with E-state index in [-0.39, 0.29) is 19.1 Å². The smallest absolute Gasteiger partial charge is 0.408 e. The topological polar surface area (TPSA) is 108 Å². The summed E-state index contributed by atoms with van der Waals surface area (Å²) >= 11 is 0. The Kier molecular flexibility index (Phi) is 7.87. The number of aliphatic carboxylic acids is 1. The number of ether oxygens (including phenoxy) is 1. The number of likely N-dealkylation sites (tertiary alicyclic amines) is 1. The number of hydrogen-bond donors (Lipinski definition) is 3. The Hall–Kier alpha value is -4.17. The Labute approximate surface area is 240 Å². The Morgan fingerprint density at radius 3 is 2.12 bits per heavy atom. The van der Waals surface area contributed by atoms with E-state index in [4.69, 9.17) is 4.74 Å². The lowest BCUT2D eigenvalue weighted by Gasteiger charge is -2.34. The first-order chi connectivity index (χ1) is 19.6. The van der Waals surface area contributed by atoms with Crippen LogP contribution >= 0.6 is 0 Å². The first-order valence-corrected chi connectivity index (χ1v) is 14.0. The van der Waals surface area contributed by atoms with Gasteiger partial charge in [-0.1, -0.05) is 99.6 Å². The molecule has 214 valence electrons. The molecular formula is C33H37N3O5. The minimum absolute atomic E-state index is 0.116. The average molecular weight is 556 g/mol. The number of carboxylic acid groups (broad SMARTS) is 1. The quantitative estimate of drug-likeness (QED) is 0.369. The van der Waals surface area contributed by atoms with Crippen LogP contribution in [0.3, 0.4) is 0 Å². The molecule has 8 heteroatoms. The molecule has 3 aromatic carbocycles. The first-order valence-electron chi connectivity index (χ1n) is 14.0. The third kappa shape index (κ3) is 5.98. The molecule has 3 N–H and O–H groups in total. The number of carboxylic acids is 1. The van der Waals surface area contributed by atoms with Crippen LogP contribution in [0.2, 0.25) is 0 Å². The fourth-order valence-corrected chi connectivity index (χ4v) is 5.96. The van der Waals surface area contributed by atoms with Gasteiger partial charge in [0.2, 0.25) is 5.91 Å². The number of carbonyl (C=O) groups excluding carboxylic acids is 2. The predicted molar refractivity (Wildman–Crippen MR) is 156 cm³/mol. The molecule has 1 saturated heterocycles. The van der Waals surface area contributed by atoms with Gasteiger partial charge in [-0.25, -0.2) is 9.59 Å². The van der Waals surface area contributed by atoms with E-state index in [9.17, 15) is 19.5 Å². The van der Waals surface area contributed by atoms with Gasteiger partial charge in [-0.3, -0.25) is 9.69 Å². The molecule has 1 fully saturated rings. The van der Waals surface area contributed by atoms with E-state index in [1.165, 1.54) is 0 Å². The molecular weight excluding hydrogens is 518 g/mol. The SMILES string of the molecule is CC(C)(C)C(NC(=O)C1(NC(=O)OCC2c3ccccc3-c3ccccc32)CCN(Cc2ccccc2)C1)C(=O)O. The number of benzene rings is 3. The van der Waals surface area contributed by atoms with Gasteiger partial charge in [0.1, 0.15) is 18.2 Å². The van der Waals surface area contributed by atoms with Gasteiger partial charge in [0, 0.05) is 25.6 Å². The van der Waals surface area contributed by atoms with E-state index >= 15 is 0 Å². The zero-order valence-corrected chi connectivity index (χ0v) is 23.7. The summed E-state index contributed by atoms with van der Waals surface area (Å²) in [7, 11) is 0. The number of nitrogens with zero attached hydrogens (tertiary/aromatic N) is 1. The van der Waals surface area contributed by atoms with Gasteiger partial charge in [-0.15, -0.1) is 0 Å². The van der Waals surface area contributed by atoms with Crippen molar-refractivity contribution < 1.29 is 24.2 Å². The Bertz CT molecular complexity index is 1390. The van der Waals surface area contributed by atoms with Crippen molar-refractivity contribution in [2.24, 2.45) is 5.41 Å². The van der Waals surface area contributed by atoms with E-state index in [1.54, 1.807) is 20.8 Å². The minimum atomic E-state index is -1.34. The number of hydrogen-bond acceptors (Lipinski definition) is 5. The Morgan fingerprint density at radius 1 is 0.951 bits per heavy atom. The van der Waals surface area contributed by atoms with E-state index in [0.717, 1.165) is 27.8 Å². The van der Waals surface area contributed by atoms with Crippen LogP contribution in [0, 0.1) is 5.41 Å². The van der Waals surface area contributed by atoms with Crippen LogP contribution in [-0.2, 0) is 20.9 Å². The van der Waals surface area contributed by atoms with Crippen molar-refractivity contribution in [1.29, 1.82) is 0 Å². The lowest BCUT2D eigenvalue weighted by molar-refractivity contribution is -0.146. The van der Waals surface area contributed by atoms with Gasteiger partial charge >= 0.3 is 12.1 Å². The molecule has 41 heavy (non-hydrogen) atoms. The summed E-state index contributed by atoms with van der Waals surface area (Å²) in [4.78, 5) is 41.2. The standard InChI is InChI=1S/C33H37N3O5/c1-32(2,3)28(29(37)38)34-30(39)33(17-18-36(21-33)19-22-11-5-4-6-12-22)35-31(40)41-20-27-25-15-9-7-13-23(25)24-14-8-10-16-26(24)27/h4-16,27-28H,17-21H2,1-3H3,(H,34,39)(H,35,40)(H,37,38). The third-order valence-corrected chi connectivity index (χ3v) is 8.11. The van der Waals surface area contributed by atoms with Crippen molar-refractivity contribution >= 4 is 18.0 Å². The summed E-state index contributed by atoms with van der Waals surface area (Å²) in [6.45, 7) is 6.78. The summed E-state index contributed by atoms with van der Waals surface area (Å²) < 4.78 is 5.79. The van der Waals surface area contributed by atoms with Crippen LogP contribution in [0.5, 0.6) is 0 Å². The van der Waals surface area contributed by atoms with Crippen LogP contribution in [0.4, 0.5) is 4.79 Å². The molecule has 2 atom stereocenters. The molecule has 5 rings (SSSR count). The van der Waals surface area contributed by atoms with Gasteiger partial charge in [0.05, 0.1) is 0 Å². The molecule has 2 aliphatic rings. The predicted octanol–water partition coefficient (Wildman–Crippen LogP) is 4.79. The second kappa shape index (κ2) is 11.4. The molecule has 2 amide bonds.